The van der Waals surface area contributed by atoms with Gasteiger partial charge in [0, 0.05) is 46.4 Å². The predicted molar refractivity (Wildman–Crippen MR) is 139 cm³/mol. The minimum absolute atomic E-state index is 0.0256. The van der Waals surface area contributed by atoms with Gasteiger partial charge in [-0.3, -0.25) is 9.59 Å². The zero-order chi connectivity index (χ0) is 24.6. The molecular formula is C24H27Br2N3O4S. The predicted octanol–water partition coefficient (Wildman–Crippen LogP) is 4.86. The molecule has 0 aromatic heterocycles. The number of carbonyl (C=O) groups is 2. The van der Waals surface area contributed by atoms with Crippen LogP contribution in [0.2, 0.25) is 0 Å². The van der Waals surface area contributed by atoms with Gasteiger partial charge in [-0.1, -0.05) is 22.9 Å². The summed E-state index contributed by atoms with van der Waals surface area (Å²) in [6.45, 7) is 4.76. The van der Waals surface area contributed by atoms with E-state index in [1.807, 2.05) is 25.1 Å². The summed E-state index contributed by atoms with van der Waals surface area (Å²) in [5.41, 5.74) is 3.30. The molecule has 2 aromatic carbocycles. The topological polar surface area (TPSA) is 86.8 Å². The molecule has 2 heterocycles. The van der Waals surface area contributed by atoms with Gasteiger partial charge >= 0.3 is 0 Å². The van der Waals surface area contributed by atoms with E-state index in [0.29, 0.717) is 54.6 Å². The number of halogens is 2. The summed E-state index contributed by atoms with van der Waals surface area (Å²) in [7, 11) is -3.86. The van der Waals surface area contributed by atoms with Gasteiger partial charge in [0.05, 0.1) is 10.8 Å². The highest BCUT2D eigenvalue weighted by Gasteiger charge is 2.36. The first-order chi connectivity index (χ1) is 16.1. The van der Waals surface area contributed by atoms with Gasteiger partial charge in [0.15, 0.2) is 0 Å². The number of piperidine rings is 1. The fourth-order valence-corrected chi connectivity index (χ4v) is 7.36. The Kier molecular flexibility index (Phi) is 7.52. The first-order valence-electron chi connectivity index (χ1n) is 11.3. The molecule has 0 spiro atoms. The third kappa shape index (κ3) is 4.96. The molecule has 0 bridgehead atoms. The van der Waals surface area contributed by atoms with Crippen molar-refractivity contribution in [2.24, 2.45) is 5.92 Å². The van der Waals surface area contributed by atoms with Gasteiger partial charge in [-0.2, -0.15) is 4.31 Å². The first kappa shape index (κ1) is 25.3. The van der Waals surface area contributed by atoms with Crippen LogP contribution in [0.15, 0.2) is 44.2 Å². The summed E-state index contributed by atoms with van der Waals surface area (Å²) in [4.78, 5) is 27.1. The van der Waals surface area contributed by atoms with Gasteiger partial charge in [-0.25, -0.2) is 8.42 Å². The average molecular weight is 613 g/mol. The maximum atomic E-state index is 13.6. The normalized spacial score (nSPS) is 18.6. The average Bonchev–Trinajstić information content (AvgIpc) is 3.23. The minimum Gasteiger partial charge on any atom is -0.326 e. The fourth-order valence-electron chi connectivity index (χ4n) is 4.52. The molecule has 10 heteroatoms. The van der Waals surface area contributed by atoms with Crippen molar-refractivity contribution >= 4 is 65.1 Å². The van der Waals surface area contributed by atoms with Crippen molar-refractivity contribution in [3.05, 3.63) is 50.4 Å². The van der Waals surface area contributed by atoms with E-state index in [9.17, 15) is 18.0 Å². The van der Waals surface area contributed by atoms with Crippen molar-refractivity contribution in [3.63, 3.8) is 0 Å². The summed E-state index contributed by atoms with van der Waals surface area (Å²) in [6, 6.07) is 8.97. The van der Waals surface area contributed by atoms with E-state index in [0.717, 1.165) is 15.6 Å². The van der Waals surface area contributed by atoms with E-state index in [1.165, 1.54) is 4.31 Å². The van der Waals surface area contributed by atoms with Crippen LogP contribution in [0.5, 0.6) is 0 Å². The largest absolute Gasteiger partial charge is 0.326 e. The summed E-state index contributed by atoms with van der Waals surface area (Å²) in [5, 5.41) is 2.93. The van der Waals surface area contributed by atoms with Crippen LogP contribution in [0.25, 0.3) is 0 Å². The lowest BCUT2D eigenvalue weighted by Crippen LogP contribution is -2.43. The number of nitrogens with one attached hydrogen (secondary N) is 1. The number of amides is 2. The fraction of sp³-hybridized carbons (Fsp3) is 0.417. The zero-order valence-electron chi connectivity index (χ0n) is 19.1. The van der Waals surface area contributed by atoms with Crippen LogP contribution < -0.4 is 10.2 Å². The summed E-state index contributed by atoms with van der Waals surface area (Å²) >= 11 is 6.89. The molecule has 0 unspecified atom stereocenters. The van der Waals surface area contributed by atoms with Crippen LogP contribution in [0, 0.1) is 12.8 Å². The maximum absolute atomic E-state index is 13.6. The number of hydrogen-bond acceptors (Lipinski definition) is 4. The molecule has 34 heavy (non-hydrogen) atoms. The second-order valence-electron chi connectivity index (χ2n) is 8.72. The van der Waals surface area contributed by atoms with E-state index in [2.05, 4.69) is 37.2 Å². The van der Waals surface area contributed by atoms with Gasteiger partial charge in [-0.15, -0.1) is 0 Å². The Labute approximate surface area is 217 Å². The maximum Gasteiger partial charge on any atom is 0.244 e. The third-order valence-electron chi connectivity index (χ3n) is 6.43. The second-order valence-corrected chi connectivity index (χ2v) is 12.3. The Bertz CT molecular complexity index is 1250. The van der Waals surface area contributed by atoms with Crippen LogP contribution >= 0.6 is 31.9 Å². The molecule has 0 aliphatic carbocycles. The van der Waals surface area contributed by atoms with E-state index in [-0.39, 0.29) is 23.3 Å². The molecule has 182 valence electrons. The number of carbonyl (C=O) groups excluding carboxylic acids is 2. The van der Waals surface area contributed by atoms with Crippen molar-refractivity contribution in [1.29, 1.82) is 0 Å². The highest BCUT2D eigenvalue weighted by molar-refractivity contribution is 9.10. The Hall–Kier alpha value is -1.75. The second kappa shape index (κ2) is 10.1. The van der Waals surface area contributed by atoms with Crippen molar-refractivity contribution in [2.45, 2.75) is 44.4 Å². The Morgan fingerprint density at radius 1 is 1.12 bits per heavy atom. The molecule has 1 atom stereocenters. The Balaban J connectivity index is 1.55. The number of benzene rings is 2. The molecule has 0 radical (unpaired) electrons. The molecule has 1 N–H and O–H groups in total. The molecule has 2 amide bonds. The Morgan fingerprint density at radius 2 is 1.88 bits per heavy atom. The van der Waals surface area contributed by atoms with Gasteiger partial charge in [-0.05, 0) is 83.6 Å². The summed E-state index contributed by atoms with van der Waals surface area (Å²) in [6.07, 6.45) is 2.27. The van der Waals surface area contributed by atoms with Crippen molar-refractivity contribution in [2.75, 3.05) is 29.9 Å². The monoisotopic (exact) mass is 611 g/mol. The van der Waals surface area contributed by atoms with Gasteiger partial charge < -0.3 is 10.2 Å². The third-order valence-corrected chi connectivity index (χ3v) is 10.1. The Morgan fingerprint density at radius 3 is 2.59 bits per heavy atom. The lowest BCUT2D eigenvalue weighted by molar-refractivity contribution is -0.121. The van der Waals surface area contributed by atoms with E-state index < -0.39 is 15.9 Å². The number of nitrogens with zero attached hydrogens (tertiary/aromatic N) is 2. The molecule has 7 nitrogen and oxygen atoms in total. The summed E-state index contributed by atoms with van der Waals surface area (Å²) in [5.74, 6) is -0.657. The first-order valence-corrected chi connectivity index (χ1v) is 14.3. The van der Waals surface area contributed by atoms with Crippen LogP contribution in [0.1, 0.15) is 37.3 Å². The van der Waals surface area contributed by atoms with Crippen molar-refractivity contribution < 1.29 is 18.0 Å². The molecule has 1 saturated heterocycles. The number of fused-ring (bicyclic) bond motifs is 1. The molecule has 2 aliphatic heterocycles. The van der Waals surface area contributed by atoms with Crippen LogP contribution in [0.4, 0.5) is 11.4 Å². The van der Waals surface area contributed by atoms with E-state index >= 15 is 0 Å². The SMILES string of the molecule is CCC(=O)N1CCc2cc(Br)c(S(=O)(=O)N3CCC[C@H](C(=O)Nc4ccc(Br)c(C)c4)C3)cc21. The number of aryl methyl sites for hydroxylation is 1. The van der Waals surface area contributed by atoms with Gasteiger partial charge in [0.2, 0.25) is 21.8 Å². The quantitative estimate of drug-likeness (QED) is 0.523. The minimum atomic E-state index is -3.86. The lowest BCUT2D eigenvalue weighted by Gasteiger charge is -2.31. The highest BCUT2D eigenvalue weighted by Crippen LogP contribution is 2.37. The summed E-state index contributed by atoms with van der Waals surface area (Å²) < 4.78 is 30.1. The molecular weight excluding hydrogens is 586 g/mol. The van der Waals surface area contributed by atoms with E-state index in [4.69, 9.17) is 0 Å². The zero-order valence-corrected chi connectivity index (χ0v) is 23.1. The molecule has 0 saturated carbocycles. The smallest absolute Gasteiger partial charge is 0.244 e. The van der Waals surface area contributed by atoms with Crippen LogP contribution in [-0.4, -0.2) is 44.2 Å². The molecule has 2 aromatic rings. The number of sulfonamides is 1. The number of anilines is 2. The standard InChI is InChI=1S/C24H27Br2N3O4S/c1-3-23(30)29-10-8-16-12-20(26)22(13-21(16)29)34(32,33)28-9-4-5-17(14-28)24(31)27-18-6-7-19(25)15(2)11-18/h6-7,11-13,17H,3-5,8-10,14H2,1-2H3,(H,27,31)/t17-/m0/s1. The molecule has 4 rings (SSSR count). The highest BCUT2D eigenvalue weighted by atomic mass is 79.9. The van der Waals surface area contributed by atoms with Gasteiger partial charge in [0.25, 0.3) is 0 Å². The van der Waals surface area contributed by atoms with Gasteiger partial charge in [0.1, 0.15) is 0 Å². The molecule has 2 aliphatic rings. The number of rotatable bonds is 5. The number of hydrogen-bond donors (Lipinski definition) is 1. The van der Waals surface area contributed by atoms with Crippen molar-refractivity contribution in [3.8, 4) is 0 Å². The van der Waals surface area contributed by atoms with Crippen LogP contribution in [-0.2, 0) is 26.0 Å². The lowest BCUT2D eigenvalue weighted by atomic mass is 9.98. The van der Waals surface area contributed by atoms with Crippen molar-refractivity contribution in [1.82, 2.24) is 4.31 Å². The van der Waals surface area contributed by atoms with Crippen LogP contribution in [0.3, 0.4) is 0 Å². The molecule has 1 fully saturated rings. The van der Waals surface area contributed by atoms with E-state index in [1.54, 1.807) is 24.0 Å².